The van der Waals surface area contributed by atoms with Crippen molar-refractivity contribution in [2.75, 3.05) is 33.4 Å². The Kier molecular flexibility index (Phi) is 5.88. The fraction of sp³-hybridized carbons (Fsp3) is 0.455. The van der Waals surface area contributed by atoms with Gasteiger partial charge in [0.1, 0.15) is 17.1 Å². The summed E-state index contributed by atoms with van der Waals surface area (Å²) < 4.78 is 13.4. The normalized spacial score (nSPS) is 17.4. The minimum Gasteiger partial charge on any atom is -0.494 e. The Morgan fingerprint density at radius 3 is 2.93 bits per heavy atom. The van der Waals surface area contributed by atoms with Crippen LogP contribution in [0.25, 0.3) is 11.2 Å². The van der Waals surface area contributed by atoms with E-state index in [1.807, 2.05) is 31.3 Å². The van der Waals surface area contributed by atoms with Crippen LogP contribution in [0.3, 0.4) is 0 Å². The van der Waals surface area contributed by atoms with E-state index in [4.69, 9.17) is 14.5 Å². The van der Waals surface area contributed by atoms with E-state index in [1.54, 1.807) is 7.11 Å². The van der Waals surface area contributed by atoms with E-state index in [1.165, 1.54) is 5.56 Å². The summed E-state index contributed by atoms with van der Waals surface area (Å²) in [4.78, 5) is 12.0. The second-order valence-electron chi connectivity index (χ2n) is 7.22. The summed E-state index contributed by atoms with van der Waals surface area (Å²) >= 11 is 0. The number of rotatable bonds is 8. The van der Waals surface area contributed by atoms with Crippen molar-refractivity contribution < 1.29 is 9.47 Å². The van der Waals surface area contributed by atoms with Crippen molar-refractivity contribution in [1.82, 2.24) is 19.4 Å². The van der Waals surface area contributed by atoms with Gasteiger partial charge in [0.15, 0.2) is 5.65 Å². The smallest absolute Gasteiger partial charge is 0.160 e. The zero-order valence-corrected chi connectivity index (χ0v) is 16.7. The van der Waals surface area contributed by atoms with Gasteiger partial charge in [-0.05, 0) is 38.1 Å². The van der Waals surface area contributed by atoms with Crippen LogP contribution in [-0.2, 0) is 17.8 Å². The van der Waals surface area contributed by atoms with Crippen molar-refractivity contribution >= 4 is 11.2 Å². The van der Waals surface area contributed by atoms with Crippen molar-refractivity contribution in [3.05, 3.63) is 54.0 Å². The van der Waals surface area contributed by atoms with Crippen LogP contribution in [0.1, 0.15) is 30.7 Å². The van der Waals surface area contributed by atoms with Crippen molar-refractivity contribution in [3.63, 3.8) is 0 Å². The maximum Gasteiger partial charge on any atom is 0.160 e. The Labute approximate surface area is 166 Å². The minimum absolute atomic E-state index is 0.408. The molecule has 1 aromatic carbocycles. The maximum atomic E-state index is 5.80. The molecule has 1 aliphatic rings. The summed E-state index contributed by atoms with van der Waals surface area (Å²) in [5.41, 5.74) is 3.17. The highest BCUT2D eigenvalue weighted by Crippen LogP contribution is 2.31. The van der Waals surface area contributed by atoms with Gasteiger partial charge in [-0.3, -0.25) is 4.90 Å². The fourth-order valence-electron chi connectivity index (χ4n) is 4.05. The van der Waals surface area contributed by atoms with Gasteiger partial charge in [0.2, 0.25) is 0 Å². The third-order valence-electron chi connectivity index (χ3n) is 5.36. The number of likely N-dealkylation sites (tertiary alicyclic amines) is 1. The van der Waals surface area contributed by atoms with Gasteiger partial charge in [0.05, 0.1) is 13.2 Å². The van der Waals surface area contributed by atoms with Crippen LogP contribution >= 0.6 is 0 Å². The molecule has 0 unspecified atom stereocenters. The molecule has 148 valence electrons. The molecule has 0 bridgehead atoms. The molecular formula is C22H28N4O2. The molecule has 0 spiro atoms. The number of fused-ring (bicyclic) bond motifs is 1. The van der Waals surface area contributed by atoms with Crippen molar-refractivity contribution in [3.8, 4) is 5.75 Å². The number of pyridine rings is 1. The summed E-state index contributed by atoms with van der Waals surface area (Å²) in [7, 11) is 1.74. The van der Waals surface area contributed by atoms with Gasteiger partial charge in [0.25, 0.3) is 0 Å². The highest BCUT2D eigenvalue weighted by Gasteiger charge is 2.29. The SMILES string of the molecule is CCOc1ccccc1CN1CC[C@H](c2nc3cccnc3n2CCOC)C1. The number of methoxy groups -OCH3 is 1. The number of ether oxygens (including phenoxy) is 2. The Hall–Kier alpha value is -2.44. The monoisotopic (exact) mass is 380 g/mol. The molecule has 0 amide bonds. The molecule has 1 atom stereocenters. The highest BCUT2D eigenvalue weighted by atomic mass is 16.5. The number of imidazole rings is 1. The summed E-state index contributed by atoms with van der Waals surface area (Å²) in [5, 5.41) is 0. The number of benzene rings is 1. The Morgan fingerprint density at radius 2 is 2.07 bits per heavy atom. The van der Waals surface area contributed by atoms with Gasteiger partial charge in [-0.15, -0.1) is 0 Å². The first-order chi connectivity index (χ1) is 13.8. The standard InChI is InChI=1S/C22H28N4O2/c1-3-28-20-9-5-4-7-17(20)15-25-12-10-18(16-25)21-24-19-8-6-11-23-22(19)26(21)13-14-27-2/h4-9,11,18H,3,10,12-16H2,1-2H3/t18-/m0/s1. The molecule has 1 saturated heterocycles. The fourth-order valence-corrected chi connectivity index (χ4v) is 4.05. The predicted octanol–water partition coefficient (Wildman–Crippen LogP) is 3.47. The van der Waals surface area contributed by atoms with E-state index in [2.05, 4.69) is 32.7 Å². The van der Waals surface area contributed by atoms with Crippen LogP contribution in [0.4, 0.5) is 0 Å². The minimum atomic E-state index is 0.408. The van der Waals surface area contributed by atoms with E-state index >= 15 is 0 Å². The lowest BCUT2D eigenvalue weighted by molar-refractivity contribution is 0.186. The Morgan fingerprint density at radius 1 is 1.18 bits per heavy atom. The number of hydrogen-bond acceptors (Lipinski definition) is 5. The van der Waals surface area contributed by atoms with Gasteiger partial charge >= 0.3 is 0 Å². The molecule has 2 aromatic heterocycles. The van der Waals surface area contributed by atoms with E-state index in [-0.39, 0.29) is 0 Å². The molecule has 4 rings (SSSR count). The van der Waals surface area contributed by atoms with Crippen molar-refractivity contribution in [1.29, 1.82) is 0 Å². The lowest BCUT2D eigenvalue weighted by Crippen LogP contribution is -2.21. The van der Waals surface area contributed by atoms with Crippen LogP contribution in [0, 0.1) is 0 Å². The molecular weight excluding hydrogens is 352 g/mol. The van der Waals surface area contributed by atoms with Crippen LogP contribution < -0.4 is 4.74 Å². The molecule has 1 aliphatic heterocycles. The van der Waals surface area contributed by atoms with Crippen molar-refractivity contribution in [2.24, 2.45) is 0 Å². The van der Waals surface area contributed by atoms with Crippen LogP contribution in [0.15, 0.2) is 42.6 Å². The van der Waals surface area contributed by atoms with E-state index in [0.29, 0.717) is 19.1 Å². The van der Waals surface area contributed by atoms with E-state index in [9.17, 15) is 0 Å². The van der Waals surface area contributed by atoms with Gasteiger partial charge in [-0.2, -0.15) is 0 Å². The summed E-state index contributed by atoms with van der Waals surface area (Å²) in [6.45, 7) is 7.12. The third-order valence-corrected chi connectivity index (χ3v) is 5.36. The molecule has 3 aromatic rings. The average molecular weight is 380 g/mol. The first kappa shape index (κ1) is 18.9. The zero-order chi connectivity index (χ0) is 19.3. The van der Waals surface area contributed by atoms with Gasteiger partial charge in [0, 0.05) is 44.4 Å². The molecule has 1 fully saturated rings. The number of hydrogen-bond donors (Lipinski definition) is 0. The largest absolute Gasteiger partial charge is 0.494 e. The molecule has 3 heterocycles. The average Bonchev–Trinajstić information content (AvgIpc) is 3.32. The molecule has 6 nitrogen and oxygen atoms in total. The first-order valence-corrected chi connectivity index (χ1v) is 10.0. The molecule has 0 N–H and O–H groups in total. The van der Waals surface area contributed by atoms with Gasteiger partial charge < -0.3 is 14.0 Å². The quantitative estimate of drug-likeness (QED) is 0.599. The lowest BCUT2D eigenvalue weighted by Gasteiger charge is -2.18. The maximum absolute atomic E-state index is 5.80. The number of aromatic nitrogens is 3. The molecule has 28 heavy (non-hydrogen) atoms. The summed E-state index contributed by atoms with van der Waals surface area (Å²) in [6.07, 6.45) is 2.94. The number of para-hydroxylation sites is 1. The molecule has 6 heteroatoms. The van der Waals surface area contributed by atoms with Gasteiger partial charge in [-0.1, -0.05) is 18.2 Å². The van der Waals surface area contributed by atoms with E-state index in [0.717, 1.165) is 55.3 Å². The summed E-state index contributed by atoms with van der Waals surface area (Å²) in [5.74, 6) is 2.53. The van der Waals surface area contributed by atoms with Crippen molar-refractivity contribution in [2.45, 2.75) is 32.4 Å². The Balaban J connectivity index is 1.53. The summed E-state index contributed by atoms with van der Waals surface area (Å²) in [6, 6.07) is 12.3. The topological polar surface area (TPSA) is 52.4 Å². The molecule has 0 radical (unpaired) electrons. The molecule has 0 aliphatic carbocycles. The second-order valence-corrected chi connectivity index (χ2v) is 7.22. The third kappa shape index (κ3) is 3.88. The van der Waals surface area contributed by atoms with Crippen LogP contribution in [0.2, 0.25) is 0 Å². The second kappa shape index (κ2) is 8.71. The van der Waals surface area contributed by atoms with Gasteiger partial charge in [-0.25, -0.2) is 9.97 Å². The van der Waals surface area contributed by atoms with Crippen LogP contribution in [0.5, 0.6) is 5.75 Å². The predicted molar refractivity (Wildman–Crippen MR) is 110 cm³/mol. The lowest BCUT2D eigenvalue weighted by atomic mass is 10.1. The Bertz CT molecular complexity index is 924. The molecule has 0 saturated carbocycles. The number of nitrogens with zero attached hydrogens (tertiary/aromatic N) is 4. The van der Waals surface area contributed by atoms with Crippen LogP contribution in [-0.4, -0.2) is 52.8 Å². The highest BCUT2D eigenvalue weighted by molar-refractivity contribution is 5.71. The zero-order valence-electron chi connectivity index (χ0n) is 16.7. The first-order valence-electron chi connectivity index (χ1n) is 10.0. The van der Waals surface area contributed by atoms with E-state index < -0.39 is 0 Å².